The predicted molar refractivity (Wildman–Crippen MR) is 86.1 cm³/mol. The van der Waals surface area contributed by atoms with Crippen LogP contribution in [-0.4, -0.2) is 15.3 Å². The Bertz CT molecular complexity index is 765. The minimum absolute atomic E-state index is 0.0534. The molecule has 0 saturated carbocycles. The van der Waals surface area contributed by atoms with E-state index in [0.29, 0.717) is 5.56 Å². The maximum absolute atomic E-state index is 12.4. The third kappa shape index (κ3) is 2.95. The quantitative estimate of drug-likeness (QED) is 0.667. The zero-order valence-electron chi connectivity index (χ0n) is 11.2. The molecule has 0 amide bonds. The molecular weight excluding hydrogens is 328 g/mol. The summed E-state index contributed by atoms with van der Waals surface area (Å²) in [5.41, 5.74) is 1.69. The molecule has 0 unspecified atom stereocenters. The summed E-state index contributed by atoms with van der Waals surface area (Å²) in [5, 5.41) is 0. The van der Waals surface area contributed by atoms with Gasteiger partial charge in [-0.15, -0.1) is 0 Å². The van der Waals surface area contributed by atoms with E-state index in [1.807, 2.05) is 65.4 Å². The second-order valence-corrected chi connectivity index (χ2v) is 5.50. The van der Waals surface area contributed by atoms with Crippen LogP contribution in [0.15, 0.2) is 71.5 Å². The van der Waals surface area contributed by atoms with Crippen LogP contribution in [0.25, 0.3) is 11.4 Å². The van der Waals surface area contributed by atoms with Gasteiger partial charge >= 0.3 is 0 Å². The zero-order valence-corrected chi connectivity index (χ0v) is 12.8. The van der Waals surface area contributed by atoms with E-state index in [0.717, 1.165) is 15.9 Å². The molecular formula is C17H13BrN2O. The van der Waals surface area contributed by atoms with Gasteiger partial charge in [0.2, 0.25) is 0 Å². The SMILES string of the molecule is O=C(Cn1ccnc1-c1ccccc1)c1ccccc1Br. The van der Waals surface area contributed by atoms with Crippen molar-refractivity contribution >= 4 is 21.7 Å². The highest BCUT2D eigenvalue weighted by Crippen LogP contribution is 2.20. The van der Waals surface area contributed by atoms with E-state index >= 15 is 0 Å². The Morgan fingerprint density at radius 1 is 1.05 bits per heavy atom. The van der Waals surface area contributed by atoms with E-state index in [1.54, 1.807) is 6.20 Å². The van der Waals surface area contributed by atoms with Crippen molar-refractivity contribution in [2.75, 3.05) is 0 Å². The van der Waals surface area contributed by atoms with Gasteiger partial charge in [0.05, 0.1) is 6.54 Å². The standard InChI is InChI=1S/C17H13BrN2O/c18-15-9-5-4-8-14(15)16(21)12-20-11-10-19-17(20)13-6-2-1-3-7-13/h1-11H,12H2. The van der Waals surface area contributed by atoms with Crippen LogP contribution in [0.3, 0.4) is 0 Å². The summed E-state index contributed by atoms with van der Waals surface area (Å²) in [5.74, 6) is 0.855. The fourth-order valence-corrected chi connectivity index (χ4v) is 2.72. The van der Waals surface area contributed by atoms with E-state index in [9.17, 15) is 4.79 Å². The Morgan fingerprint density at radius 3 is 2.52 bits per heavy atom. The van der Waals surface area contributed by atoms with Gasteiger partial charge in [-0.1, -0.05) is 64.5 Å². The molecule has 104 valence electrons. The molecule has 4 heteroatoms. The summed E-state index contributed by atoms with van der Waals surface area (Å²) in [6, 6.07) is 17.3. The van der Waals surface area contributed by atoms with Crippen molar-refractivity contribution < 1.29 is 4.79 Å². The molecule has 1 aromatic heterocycles. The summed E-state index contributed by atoms with van der Waals surface area (Å²) < 4.78 is 2.69. The number of imidazole rings is 1. The lowest BCUT2D eigenvalue weighted by Gasteiger charge is -2.08. The number of hydrogen-bond donors (Lipinski definition) is 0. The number of hydrogen-bond acceptors (Lipinski definition) is 2. The van der Waals surface area contributed by atoms with E-state index in [1.165, 1.54) is 0 Å². The molecule has 0 N–H and O–H groups in total. The van der Waals surface area contributed by atoms with Crippen molar-refractivity contribution in [3.8, 4) is 11.4 Å². The second-order valence-electron chi connectivity index (χ2n) is 4.65. The van der Waals surface area contributed by atoms with Crippen LogP contribution in [0.4, 0.5) is 0 Å². The van der Waals surface area contributed by atoms with Gasteiger partial charge in [0.1, 0.15) is 5.82 Å². The van der Waals surface area contributed by atoms with Gasteiger partial charge in [0.25, 0.3) is 0 Å². The first-order valence-electron chi connectivity index (χ1n) is 6.60. The number of nitrogens with zero attached hydrogens (tertiary/aromatic N) is 2. The Kier molecular flexibility index (Phi) is 3.97. The van der Waals surface area contributed by atoms with Gasteiger partial charge in [-0.25, -0.2) is 4.98 Å². The maximum atomic E-state index is 12.4. The molecule has 3 rings (SSSR count). The molecule has 0 aliphatic rings. The molecule has 21 heavy (non-hydrogen) atoms. The highest BCUT2D eigenvalue weighted by atomic mass is 79.9. The molecule has 0 saturated heterocycles. The van der Waals surface area contributed by atoms with Crippen molar-refractivity contribution in [2.45, 2.75) is 6.54 Å². The largest absolute Gasteiger partial charge is 0.323 e. The Balaban J connectivity index is 1.89. The number of Topliss-reactive ketones (excluding diaryl/α,β-unsaturated/α-hetero) is 1. The summed E-state index contributed by atoms with van der Waals surface area (Å²) in [6.07, 6.45) is 3.55. The number of rotatable bonds is 4. The lowest BCUT2D eigenvalue weighted by molar-refractivity contribution is 0.0972. The summed E-state index contributed by atoms with van der Waals surface area (Å²) in [7, 11) is 0. The van der Waals surface area contributed by atoms with Crippen LogP contribution in [0, 0.1) is 0 Å². The molecule has 0 fully saturated rings. The monoisotopic (exact) mass is 340 g/mol. The van der Waals surface area contributed by atoms with Gasteiger partial charge in [0.15, 0.2) is 5.78 Å². The first-order chi connectivity index (χ1) is 10.3. The van der Waals surface area contributed by atoms with Gasteiger partial charge in [-0.05, 0) is 6.07 Å². The first kappa shape index (κ1) is 13.8. The third-order valence-electron chi connectivity index (χ3n) is 3.24. The van der Waals surface area contributed by atoms with Crippen molar-refractivity contribution in [1.29, 1.82) is 0 Å². The molecule has 0 atom stereocenters. The Hall–Kier alpha value is -2.20. The van der Waals surface area contributed by atoms with Gasteiger partial charge < -0.3 is 4.57 Å². The number of ketones is 1. The number of carbonyl (C=O) groups excluding carboxylic acids is 1. The van der Waals surface area contributed by atoms with Crippen LogP contribution < -0.4 is 0 Å². The molecule has 0 aliphatic carbocycles. The fourth-order valence-electron chi connectivity index (χ4n) is 2.21. The maximum Gasteiger partial charge on any atom is 0.183 e. The minimum Gasteiger partial charge on any atom is -0.323 e. The van der Waals surface area contributed by atoms with Crippen LogP contribution in [0.1, 0.15) is 10.4 Å². The van der Waals surface area contributed by atoms with E-state index in [4.69, 9.17) is 0 Å². The van der Waals surface area contributed by atoms with Crippen LogP contribution in [0.5, 0.6) is 0 Å². The minimum atomic E-state index is 0.0534. The molecule has 0 radical (unpaired) electrons. The normalized spacial score (nSPS) is 10.5. The summed E-state index contributed by atoms with van der Waals surface area (Å²) in [6.45, 7) is 0.271. The van der Waals surface area contributed by atoms with Gasteiger partial charge in [-0.2, -0.15) is 0 Å². The molecule has 2 aromatic carbocycles. The number of halogens is 1. The highest BCUT2D eigenvalue weighted by molar-refractivity contribution is 9.10. The Morgan fingerprint density at radius 2 is 1.76 bits per heavy atom. The highest BCUT2D eigenvalue weighted by Gasteiger charge is 2.13. The second kappa shape index (κ2) is 6.06. The topological polar surface area (TPSA) is 34.9 Å². The fraction of sp³-hybridized carbons (Fsp3) is 0.0588. The number of benzene rings is 2. The van der Waals surface area contributed by atoms with E-state index in [-0.39, 0.29) is 12.3 Å². The zero-order chi connectivity index (χ0) is 14.7. The van der Waals surface area contributed by atoms with Crippen molar-refractivity contribution in [1.82, 2.24) is 9.55 Å². The molecule has 1 heterocycles. The average Bonchev–Trinajstić information content (AvgIpc) is 2.96. The molecule has 0 spiro atoms. The van der Waals surface area contributed by atoms with Crippen LogP contribution in [-0.2, 0) is 6.54 Å². The van der Waals surface area contributed by atoms with Crippen LogP contribution in [0.2, 0.25) is 0 Å². The van der Waals surface area contributed by atoms with Gasteiger partial charge in [-0.3, -0.25) is 4.79 Å². The summed E-state index contributed by atoms with van der Waals surface area (Å²) >= 11 is 3.42. The molecule has 3 aromatic rings. The first-order valence-corrected chi connectivity index (χ1v) is 7.39. The predicted octanol–water partition coefficient (Wildman–Crippen LogP) is 4.20. The van der Waals surface area contributed by atoms with Crippen molar-refractivity contribution in [2.24, 2.45) is 0 Å². The van der Waals surface area contributed by atoms with Crippen molar-refractivity contribution in [3.63, 3.8) is 0 Å². The van der Waals surface area contributed by atoms with Crippen molar-refractivity contribution in [3.05, 3.63) is 77.0 Å². The van der Waals surface area contributed by atoms with E-state index < -0.39 is 0 Å². The van der Waals surface area contributed by atoms with Crippen LogP contribution >= 0.6 is 15.9 Å². The number of carbonyl (C=O) groups is 1. The molecule has 0 bridgehead atoms. The molecule has 3 nitrogen and oxygen atoms in total. The molecule has 0 aliphatic heterocycles. The lowest BCUT2D eigenvalue weighted by atomic mass is 10.1. The summed E-state index contributed by atoms with van der Waals surface area (Å²) in [4.78, 5) is 16.8. The van der Waals surface area contributed by atoms with Gasteiger partial charge in [0, 0.05) is 28.0 Å². The lowest BCUT2D eigenvalue weighted by Crippen LogP contribution is -2.11. The average molecular weight is 341 g/mol. The smallest absolute Gasteiger partial charge is 0.183 e. The third-order valence-corrected chi connectivity index (χ3v) is 3.93. The van der Waals surface area contributed by atoms with E-state index in [2.05, 4.69) is 20.9 Å². The number of aromatic nitrogens is 2. The Labute approximate surface area is 131 Å².